The molecule has 0 saturated heterocycles. The van der Waals surface area contributed by atoms with Crippen LogP contribution < -0.4 is 15.4 Å². The molecule has 29 heavy (non-hydrogen) atoms. The molecule has 0 spiro atoms. The van der Waals surface area contributed by atoms with E-state index in [4.69, 9.17) is 4.74 Å². The van der Waals surface area contributed by atoms with Gasteiger partial charge in [0.15, 0.2) is 16.4 Å². The number of hydrogen-bond donors (Lipinski definition) is 2. The summed E-state index contributed by atoms with van der Waals surface area (Å²) in [5, 5.41) is 4.47. The fourth-order valence-electron chi connectivity index (χ4n) is 3.15. The van der Waals surface area contributed by atoms with Crippen molar-refractivity contribution in [2.24, 2.45) is 0 Å². The number of ether oxygens (including phenoxy) is 1. The predicted octanol–water partition coefficient (Wildman–Crippen LogP) is 3.08. The van der Waals surface area contributed by atoms with Gasteiger partial charge in [0.05, 0.1) is 15.8 Å². The number of carbonyl (C=O) groups excluding carboxylic acids is 2. The molecule has 2 N–H and O–H groups in total. The molecule has 0 aliphatic carbocycles. The maximum Gasteiger partial charge on any atom is 0.262 e. The number of rotatable bonds is 6. The minimum atomic E-state index is -3.77. The van der Waals surface area contributed by atoms with E-state index < -0.39 is 15.1 Å². The van der Waals surface area contributed by atoms with Crippen LogP contribution >= 0.6 is 0 Å². The zero-order valence-electron chi connectivity index (χ0n) is 16.6. The number of hydrogen-bond acceptors (Lipinski definition) is 5. The Balaban J connectivity index is 1.74. The summed E-state index contributed by atoms with van der Waals surface area (Å²) in [5.41, 5.74) is 2.71. The first-order valence-electron chi connectivity index (χ1n) is 9.40. The number of fused-ring (bicyclic) bond motifs is 1. The summed E-state index contributed by atoms with van der Waals surface area (Å²) in [5.74, 6) is -0.351. The lowest BCUT2D eigenvalue weighted by Gasteiger charge is -2.21. The second-order valence-electron chi connectivity index (χ2n) is 7.11. The smallest absolute Gasteiger partial charge is 0.262 e. The number of benzene rings is 2. The lowest BCUT2D eigenvalue weighted by Crippen LogP contribution is -2.27. The van der Waals surface area contributed by atoms with Gasteiger partial charge in [-0.1, -0.05) is 19.1 Å². The highest BCUT2D eigenvalue weighted by Crippen LogP contribution is 2.34. The molecule has 8 heteroatoms. The summed E-state index contributed by atoms with van der Waals surface area (Å²) >= 11 is 0. The summed E-state index contributed by atoms with van der Waals surface area (Å²) in [6, 6.07) is 10.4. The maximum absolute atomic E-state index is 13.1. The third kappa shape index (κ3) is 4.59. The third-order valence-electron chi connectivity index (χ3n) is 4.87. The predicted molar refractivity (Wildman–Crippen MR) is 111 cm³/mol. The van der Waals surface area contributed by atoms with Crippen LogP contribution in [0.15, 0.2) is 41.3 Å². The van der Waals surface area contributed by atoms with Gasteiger partial charge in [0.25, 0.3) is 5.91 Å². The molecule has 1 atom stereocenters. The van der Waals surface area contributed by atoms with Crippen LogP contribution in [-0.2, 0) is 25.8 Å². The van der Waals surface area contributed by atoms with Gasteiger partial charge in [0, 0.05) is 18.2 Å². The van der Waals surface area contributed by atoms with Crippen molar-refractivity contribution in [1.29, 1.82) is 0 Å². The van der Waals surface area contributed by atoms with Crippen LogP contribution in [0.3, 0.4) is 0 Å². The van der Waals surface area contributed by atoms with Crippen molar-refractivity contribution in [2.75, 3.05) is 17.2 Å². The zero-order chi connectivity index (χ0) is 21.2. The van der Waals surface area contributed by atoms with E-state index in [0.717, 1.165) is 12.0 Å². The lowest BCUT2D eigenvalue weighted by molar-refractivity contribution is -0.118. The molecule has 1 unspecified atom stereocenters. The SMILES string of the molecule is CCc1ccc(NC(=O)CC(C)S(=O)(=O)c2cc3c(cc2C)NC(=O)CO3)cc1. The van der Waals surface area contributed by atoms with Crippen LogP contribution in [0.5, 0.6) is 5.75 Å². The Kier molecular flexibility index (Phi) is 5.93. The van der Waals surface area contributed by atoms with Crippen molar-refractivity contribution in [1.82, 2.24) is 0 Å². The van der Waals surface area contributed by atoms with E-state index in [-0.39, 0.29) is 29.7 Å². The first-order chi connectivity index (χ1) is 13.7. The minimum absolute atomic E-state index is 0.0972. The summed E-state index contributed by atoms with van der Waals surface area (Å²) in [7, 11) is -3.77. The van der Waals surface area contributed by atoms with E-state index in [2.05, 4.69) is 10.6 Å². The molecule has 1 aliphatic rings. The molecule has 3 rings (SSSR count). The Morgan fingerprint density at radius 3 is 2.59 bits per heavy atom. The molecule has 0 bridgehead atoms. The van der Waals surface area contributed by atoms with Crippen molar-refractivity contribution in [2.45, 2.75) is 43.8 Å². The minimum Gasteiger partial charge on any atom is -0.482 e. The number of anilines is 2. The van der Waals surface area contributed by atoms with E-state index in [1.807, 2.05) is 19.1 Å². The van der Waals surface area contributed by atoms with E-state index in [1.165, 1.54) is 13.0 Å². The Morgan fingerprint density at radius 1 is 1.24 bits per heavy atom. The molecule has 154 valence electrons. The average molecular weight is 416 g/mol. The van der Waals surface area contributed by atoms with Crippen molar-refractivity contribution < 1.29 is 22.7 Å². The van der Waals surface area contributed by atoms with Crippen LogP contribution in [0.1, 0.15) is 31.4 Å². The molecule has 0 saturated carbocycles. The maximum atomic E-state index is 13.1. The number of sulfone groups is 1. The molecule has 1 aliphatic heterocycles. The zero-order valence-corrected chi connectivity index (χ0v) is 17.4. The molecule has 0 aromatic heterocycles. The molecular weight excluding hydrogens is 392 g/mol. The fourth-order valence-corrected chi connectivity index (χ4v) is 4.73. The van der Waals surface area contributed by atoms with Gasteiger partial charge in [0.2, 0.25) is 5.91 Å². The van der Waals surface area contributed by atoms with E-state index in [9.17, 15) is 18.0 Å². The van der Waals surface area contributed by atoms with Crippen molar-refractivity contribution in [3.05, 3.63) is 47.5 Å². The van der Waals surface area contributed by atoms with Crippen molar-refractivity contribution in [3.63, 3.8) is 0 Å². The van der Waals surface area contributed by atoms with Crippen LogP contribution in [0.25, 0.3) is 0 Å². The number of nitrogens with one attached hydrogen (secondary N) is 2. The van der Waals surface area contributed by atoms with Gasteiger partial charge in [-0.15, -0.1) is 0 Å². The fraction of sp³-hybridized carbons (Fsp3) is 0.333. The van der Waals surface area contributed by atoms with Gasteiger partial charge in [-0.25, -0.2) is 8.42 Å². The summed E-state index contributed by atoms with van der Waals surface area (Å²) < 4.78 is 31.4. The molecule has 2 aromatic rings. The molecule has 2 aromatic carbocycles. The molecule has 1 heterocycles. The second-order valence-corrected chi connectivity index (χ2v) is 9.44. The quantitative estimate of drug-likeness (QED) is 0.754. The summed E-state index contributed by atoms with van der Waals surface area (Å²) in [4.78, 5) is 23.9. The summed E-state index contributed by atoms with van der Waals surface area (Å²) in [6.07, 6.45) is 0.725. The van der Waals surface area contributed by atoms with Crippen LogP contribution in [-0.4, -0.2) is 32.1 Å². The van der Waals surface area contributed by atoms with Crippen LogP contribution in [0.4, 0.5) is 11.4 Å². The standard InChI is InChI=1S/C21H24N2O5S/c1-4-15-5-7-16(8-6-15)22-20(24)10-14(3)29(26,27)19-11-18-17(9-13(19)2)23-21(25)12-28-18/h5-9,11,14H,4,10,12H2,1-3H3,(H,22,24)(H,23,25). The normalized spacial score (nSPS) is 14.4. The highest BCUT2D eigenvalue weighted by molar-refractivity contribution is 7.92. The monoisotopic (exact) mass is 416 g/mol. The van der Waals surface area contributed by atoms with Gasteiger partial charge < -0.3 is 15.4 Å². The first kappa shape index (κ1) is 20.9. The first-order valence-corrected chi connectivity index (χ1v) is 10.9. The van der Waals surface area contributed by atoms with E-state index >= 15 is 0 Å². The highest BCUT2D eigenvalue weighted by atomic mass is 32.2. The molecule has 0 radical (unpaired) electrons. The molecular formula is C21H24N2O5S. The van der Waals surface area contributed by atoms with Gasteiger partial charge in [-0.3, -0.25) is 9.59 Å². The van der Waals surface area contributed by atoms with E-state index in [0.29, 0.717) is 22.7 Å². The number of aryl methyl sites for hydroxylation is 2. The highest BCUT2D eigenvalue weighted by Gasteiger charge is 2.29. The number of carbonyl (C=O) groups is 2. The topological polar surface area (TPSA) is 102 Å². The van der Waals surface area contributed by atoms with E-state index in [1.54, 1.807) is 25.1 Å². The van der Waals surface area contributed by atoms with Crippen LogP contribution in [0.2, 0.25) is 0 Å². The summed E-state index contributed by atoms with van der Waals surface area (Å²) in [6.45, 7) is 5.04. The van der Waals surface area contributed by atoms with Gasteiger partial charge >= 0.3 is 0 Å². The largest absolute Gasteiger partial charge is 0.482 e. The van der Waals surface area contributed by atoms with Crippen molar-refractivity contribution in [3.8, 4) is 5.75 Å². The number of amides is 2. The van der Waals surface area contributed by atoms with Crippen LogP contribution in [0, 0.1) is 6.92 Å². The Hall–Kier alpha value is -2.87. The molecule has 7 nitrogen and oxygen atoms in total. The Labute approximate surface area is 170 Å². The molecule has 0 fully saturated rings. The van der Waals surface area contributed by atoms with Gasteiger partial charge in [-0.05, 0) is 49.6 Å². The Bertz CT molecular complexity index is 1050. The lowest BCUT2D eigenvalue weighted by atomic mass is 10.1. The third-order valence-corrected chi connectivity index (χ3v) is 7.14. The Morgan fingerprint density at radius 2 is 1.93 bits per heavy atom. The van der Waals surface area contributed by atoms with Gasteiger partial charge in [0.1, 0.15) is 5.75 Å². The van der Waals surface area contributed by atoms with Crippen molar-refractivity contribution >= 4 is 33.0 Å². The van der Waals surface area contributed by atoms with Gasteiger partial charge in [-0.2, -0.15) is 0 Å². The molecule has 2 amide bonds. The second kappa shape index (κ2) is 8.24. The average Bonchev–Trinajstić information content (AvgIpc) is 2.67.